The first-order valence-electron chi connectivity index (χ1n) is 15.1. The number of benzene rings is 2. The lowest BCUT2D eigenvalue weighted by Gasteiger charge is -2.21. The molecule has 0 aliphatic carbocycles. The molecule has 0 fully saturated rings. The van der Waals surface area contributed by atoms with Crippen LogP contribution in [0.1, 0.15) is 39.0 Å². The number of carbonyl (C=O) groups is 3. The third-order valence-electron chi connectivity index (χ3n) is 3.51. The SMILES string of the molecule is NCc1ccccc1.[2H]C([2H])(C(=O)OC)C([2H])([2H])N(Cc1ccccc1)C([2H])([2H])C([2H])([2H])C(=O)OC.[2H]C([2H])=C([2H])C(=O)OC. The van der Waals surface area contributed by atoms with Crippen LogP contribution >= 0.6 is 0 Å². The van der Waals surface area contributed by atoms with Crippen LogP contribution in [-0.2, 0) is 41.7 Å². The third kappa shape index (κ3) is 16.2. The number of nitrogens with two attached hydrogens (primary N) is 1. The molecule has 0 heterocycles. The number of esters is 3. The summed E-state index contributed by atoms with van der Waals surface area (Å²) in [6.45, 7) is -7.68. The maximum absolute atomic E-state index is 11.8. The molecule has 8 heteroatoms. The van der Waals surface area contributed by atoms with Crippen LogP contribution in [0.3, 0.4) is 0 Å². The minimum absolute atomic E-state index is 0.142. The molecule has 2 N–H and O–H groups in total. The van der Waals surface area contributed by atoms with Crippen LogP contribution in [0.25, 0.3) is 0 Å². The van der Waals surface area contributed by atoms with Gasteiger partial charge in [-0.2, -0.15) is 0 Å². The number of rotatable bonds is 10. The highest BCUT2D eigenvalue weighted by Gasteiger charge is 2.11. The third-order valence-corrected chi connectivity index (χ3v) is 3.51. The van der Waals surface area contributed by atoms with E-state index >= 15 is 0 Å². The summed E-state index contributed by atoms with van der Waals surface area (Å²) in [5.41, 5.74) is 6.83. The molecule has 0 aliphatic heterocycles. The van der Waals surface area contributed by atoms with Crippen molar-refractivity contribution in [3.05, 3.63) is 84.4 Å². The van der Waals surface area contributed by atoms with E-state index in [4.69, 9.17) is 20.8 Å². The van der Waals surface area contributed by atoms with E-state index in [9.17, 15) is 14.4 Å². The summed E-state index contributed by atoms with van der Waals surface area (Å²) in [5.74, 6) is -4.19. The Bertz CT molecular complexity index is 1240. The van der Waals surface area contributed by atoms with Gasteiger partial charge in [0.25, 0.3) is 0 Å². The Balaban J connectivity index is 0.000000918. The summed E-state index contributed by atoms with van der Waals surface area (Å²) >= 11 is 0. The first-order valence-corrected chi connectivity index (χ1v) is 9.65. The van der Waals surface area contributed by atoms with E-state index in [1.165, 1.54) is 17.7 Å². The van der Waals surface area contributed by atoms with Gasteiger partial charge < -0.3 is 19.9 Å². The average Bonchev–Trinajstić information content (AvgIpc) is 3.02. The van der Waals surface area contributed by atoms with E-state index in [2.05, 4.69) is 14.2 Å². The predicted molar refractivity (Wildman–Crippen MR) is 132 cm³/mol. The average molecular weight is 484 g/mol. The van der Waals surface area contributed by atoms with Crippen molar-refractivity contribution in [3.63, 3.8) is 0 Å². The van der Waals surface area contributed by atoms with E-state index in [1.54, 1.807) is 18.2 Å². The van der Waals surface area contributed by atoms with Crippen molar-refractivity contribution in [2.24, 2.45) is 5.73 Å². The molecule has 0 saturated carbocycles. The highest BCUT2D eigenvalue weighted by atomic mass is 16.5. The normalized spacial score (nSPS) is 15.7. The zero-order valence-corrected chi connectivity index (χ0v) is 19.2. The molecule has 0 unspecified atom stereocenters. The largest absolute Gasteiger partial charge is 0.469 e. The number of nitrogens with zero attached hydrogens (tertiary/aromatic N) is 1. The molecular formula is C26H36N2O6. The zero-order chi connectivity index (χ0) is 35.2. The highest BCUT2D eigenvalue weighted by molar-refractivity contribution is 5.80. The van der Waals surface area contributed by atoms with Crippen LogP contribution < -0.4 is 5.73 Å². The topological polar surface area (TPSA) is 108 Å². The number of ether oxygens (including phenoxy) is 3. The standard InChI is InChI=1S/C15H21NO4.C7H9N.C4H6O2/c1-19-14(17)8-10-16(11-9-15(18)20-2)12-13-6-4-3-5-7-13;8-6-7-4-2-1-3-5-7;1-3-4(5)6-2/h3-7H,8-12H2,1-2H3;1-5H,6,8H2;3H,1H2,2H3/i8D2,9D2,10D2,11D2;;1D2,3D. The minimum Gasteiger partial charge on any atom is -0.469 e. The molecule has 0 atom stereocenters. The Hall–Kier alpha value is -3.49. The van der Waals surface area contributed by atoms with Crippen molar-refractivity contribution < 1.29 is 43.7 Å². The summed E-state index contributed by atoms with van der Waals surface area (Å²) in [6, 6.07) is 17.0. The van der Waals surface area contributed by atoms with Gasteiger partial charge in [-0.25, -0.2) is 4.79 Å². The summed E-state index contributed by atoms with van der Waals surface area (Å²) in [5, 5.41) is 0. The molecule has 8 nitrogen and oxygen atoms in total. The second-order valence-electron chi connectivity index (χ2n) is 5.83. The van der Waals surface area contributed by atoms with Crippen LogP contribution in [-0.4, -0.2) is 57.1 Å². The first-order chi connectivity index (χ1) is 20.7. The number of hydrogen-bond acceptors (Lipinski definition) is 8. The van der Waals surface area contributed by atoms with Crippen molar-refractivity contribution in [1.29, 1.82) is 0 Å². The van der Waals surface area contributed by atoms with E-state index in [0.29, 0.717) is 6.54 Å². The van der Waals surface area contributed by atoms with Crippen LogP contribution in [0, 0.1) is 0 Å². The van der Waals surface area contributed by atoms with E-state index in [0.717, 1.165) is 21.3 Å². The predicted octanol–water partition coefficient (Wildman–Crippen LogP) is 3.11. The Labute approximate surface area is 217 Å². The Morgan fingerprint density at radius 1 is 0.912 bits per heavy atom. The van der Waals surface area contributed by atoms with Gasteiger partial charge in [-0.05, 0) is 11.1 Å². The Morgan fingerprint density at radius 3 is 1.71 bits per heavy atom. The lowest BCUT2D eigenvalue weighted by molar-refractivity contribution is -0.141. The van der Waals surface area contributed by atoms with E-state index in [1.807, 2.05) is 30.3 Å². The second-order valence-corrected chi connectivity index (χ2v) is 5.83. The van der Waals surface area contributed by atoms with Crippen molar-refractivity contribution in [3.8, 4) is 0 Å². The lowest BCUT2D eigenvalue weighted by atomic mass is 10.2. The van der Waals surface area contributed by atoms with Gasteiger partial charge >= 0.3 is 17.9 Å². The first kappa shape index (κ1) is 16.2. The molecule has 2 aromatic carbocycles. The number of methoxy groups -OCH3 is 3. The Morgan fingerprint density at radius 2 is 1.38 bits per heavy atom. The van der Waals surface area contributed by atoms with Gasteiger partial charge in [0, 0.05) is 43.1 Å². The molecule has 0 aromatic heterocycles. The summed E-state index contributed by atoms with van der Waals surface area (Å²) in [6.07, 6.45) is -6.79. The van der Waals surface area contributed by atoms with Gasteiger partial charge in [0.2, 0.25) is 0 Å². The smallest absolute Gasteiger partial charge is 0.329 e. The van der Waals surface area contributed by atoms with Gasteiger partial charge in [-0.15, -0.1) is 0 Å². The van der Waals surface area contributed by atoms with E-state index < -0.39 is 62.8 Å². The minimum atomic E-state index is -3.42. The maximum atomic E-state index is 11.8. The lowest BCUT2D eigenvalue weighted by Crippen LogP contribution is -2.29. The quantitative estimate of drug-likeness (QED) is 0.312. The number of hydrogen-bond donors (Lipinski definition) is 1. The maximum Gasteiger partial charge on any atom is 0.329 e. The van der Waals surface area contributed by atoms with E-state index in [-0.39, 0.29) is 10.5 Å². The molecule has 0 aliphatic rings. The Kier molecular flexibility index (Phi) is 9.59. The van der Waals surface area contributed by atoms with Gasteiger partial charge in [-0.1, -0.05) is 67.2 Å². The fourth-order valence-electron chi connectivity index (χ4n) is 1.87. The monoisotopic (exact) mass is 483 g/mol. The molecule has 186 valence electrons. The summed E-state index contributed by atoms with van der Waals surface area (Å²) in [7, 11) is 2.76. The number of carbonyl (C=O) groups excluding carboxylic acids is 3. The summed E-state index contributed by atoms with van der Waals surface area (Å²) in [4.78, 5) is 34.1. The van der Waals surface area contributed by atoms with Crippen molar-refractivity contribution in [2.75, 3.05) is 34.3 Å². The second kappa shape index (κ2) is 20.1. The molecule has 2 rings (SSSR count). The van der Waals surface area contributed by atoms with Gasteiger partial charge in [0.05, 0.1) is 38.2 Å². The zero-order valence-electron chi connectivity index (χ0n) is 30.2. The van der Waals surface area contributed by atoms with Crippen LogP contribution in [0.5, 0.6) is 0 Å². The highest BCUT2D eigenvalue weighted by Crippen LogP contribution is 2.06. The molecule has 2 aromatic rings. The van der Waals surface area contributed by atoms with Crippen LogP contribution in [0.15, 0.2) is 73.2 Å². The van der Waals surface area contributed by atoms with Gasteiger partial charge in [0.15, 0.2) is 0 Å². The van der Waals surface area contributed by atoms with Gasteiger partial charge in [0.1, 0.15) is 0 Å². The molecular weight excluding hydrogens is 436 g/mol. The van der Waals surface area contributed by atoms with Crippen molar-refractivity contribution in [1.82, 2.24) is 4.90 Å². The molecule has 0 radical (unpaired) electrons. The van der Waals surface area contributed by atoms with Gasteiger partial charge in [-0.3, -0.25) is 14.5 Å². The molecule has 34 heavy (non-hydrogen) atoms. The fraction of sp³-hybridized carbons (Fsp3) is 0.346. The fourth-order valence-corrected chi connectivity index (χ4v) is 1.87. The molecule has 0 saturated heterocycles. The van der Waals surface area contributed by atoms with Crippen molar-refractivity contribution >= 4 is 17.9 Å². The van der Waals surface area contributed by atoms with Crippen LogP contribution in [0.2, 0.25) is 0 Å². The summed E-state index contributed by atoms with van der Waals surface area (Å²) < 4.78 is 96.2. The molecule has 0 spiro atoms. The van der Waals surface area contributed by atoms with Crippen molar-refractivity contribution in [2.45, 2.75) is 25.8 Å². The van der Waals surface area contributed by atoms with Crippen LogP contribution in [0.4, 0.5) is 0 Å². The molecule has 0 bridgehead atoms. The molecule has 0 amide bonds.